The molecule has 24 heavy (non-hydrogen) atoms. The van der Waals surface area contributed by atoms with Gasteiger partial charge in [-0.1, -0.05) is 17.7 Å². The monoisotopic (exact) mass is 354 g/mol. The summed E-state index contributed by atoms with van der Waals surface area (Å²) in [5.41, 5.74) is 1.00. The quantitative estimate of drug-likeness (QED) is 0.857. The van der Waals surface area contributed by atoms with Gasteiger partial charge in [-0.25, -0.2) is 4.39 Å². The van der Waals surface area contributed by atoms with Gasteiger partial charge in [0.1, 0.15) is 5.82 Å². The van der Waals surface area contributed by atoms with Crippen molar-refractivity contribution in [2.75, 3.05) is 14.2 Å². The first-order valence-corrected chi connectivity index (χ1v) is 7.79. The van der Waals surface area contributed by atoms with Crippen molar-refractivity contribution in [1.29, 1.82) is 0 Å². The first-order chi connectivity index (χ1) is 11.2. The zero-order chi connectivity index (χ0) is 17.9. The van der Waals surface area contributed by atoms with Gasteiger partial charge in [0.05, 0.1) is 36.1 Å². The molecule has 1 N–H and O–H groups in total. The van der Waals surface area contributed by atoms with Crippen LogP contribution < -0.4 is 9.47 Å². The molecule has 0 saturated carbocycles. The molecule has 0 atom stereocenters. The number of nitrogens with zero attached hydrogens (tertiary/aromatic N) is 2. The average Bonchev–Trinajstić information content (AvgIpc) is 2.53. The molecule has 5 nitrogen and oxygen atoms in total. The second-order valence-corrected chi connectivity index (χ2v) is 6.39. The Balaban J connectivity index is 2.59. The van der Waals surface area contributed by atoms with Crippen molar-refractivity contribution in [3.8, 4) is 23.0 Å². The molecule has 0 radical (unpaired) electrons. The molecular weight excluding hydrogens is 335 g/mol. The summed E-state index contributed by atoms with van der Waals surface area (Å²) >= 11 is 5.90. The van der Waals surface area contributed by atoms with Gasteiger partial charge in [-0.05, 0) is 44.4 Å². The lowest BCUT2D eigenvalue weighted by Crippen LogP contribution is -2.20. The minimum atomic E-state index is -0.858. The third-order valence-corrected chi connectivity index (χ3v) is 3.78. The van der Waals surface area contributed by atoms with Crippen LogP contribution in [0.15, 0.2) is 18.2 Å². The molecule has 0 aliphatic heterocycles. The third kappa shape index (κ3) is 4.33. The Morgan fingerprint density at radius 1 is 1.21 bits per heavy atom. The highest BCUT2D eigenvalue weighted by Gasteiger charge is 2.21. The van der Waals surface area contributed by atoms with Crippen molar-refractivity contribution in [1.82, 2.24) is 9.97 Å². The zero-order valence-corrected chi connectivity index (χ0v) is 14.8. The van der Waals surface area contributed by atoms with E-state index in [1.807, 2.05) is 0 Å². The Bertz CT molecular complexity index is 733. The third-order valence-electron chi connectivity index (χ3n) is 3.49. The summed E-state index contributed by atoms with van der Waals surface area (Å²) in [6.07, 6.45) is 0.932. The van der Waals surface area contributed by atoms with Gasteiger partial charge in [-0.15, -0.1) is 0 Å². The summed E-state index contributed by atoms with van der Waals surface area (Å²) in [4.78, 5) is 8.56. The number of hydrogen-bond acceptors (Lipinski definition) is 5. The highest BCUT2D eigenvalue weighted by molar-refractivity contribution is 6.31. The number of aryl methyl sites for hydroxylation is 1. The number of halogens is 2. The summed E-state index contributed by atoms with van der Waals surface area (Å²) in [5.74, 6) is -0.206. The lowest BCUT2D eigenvalue weighted by atomic mass is 9.97. The van der Waals surface area contributed by atoms with E-state index in [9.17, 15) is 9.50 Å². The number of methoxy groups -OCH3 is 2. The number of aromatic nitrogens is 2. The Labute approximate surface area is 145 Å². The van der Waals surface area contributed by atoms with Crippen LogP contribution in [0.1, 0.15) is 26.0 Å². The Morgan fingerprint density at radius 2 is 1.92 bits per heavy atom. The molecule has 0 aliphatic carbocycles. The maximum absolute atomic E-state index is 13.5. The van der Waals surface area contributed by atoms with Crippen LogP contribution in [-0.2, 0) is 6.42 Å². The number of aliphatic hydroxyl groups is 1. The van der Waals surface area contributed by atoms with E-state index in [-0.39, 0.29) is 11.0 Å². The molecular formula is C17H20ClFN2O3. The summed E-state index contributed by atoms with van der Waals surface area (Å²) in [6.45, 7) is 3.44. The summed E-state index contributed by atoms with van der Waals surface area (Å²) in [6, 6.07) is 4.52. The van der Waals surface area contributed by atoms with Crippen molar-refractivity contribution in [3.63, 3.8) is 0 Å². The highest BCUT2D eigenvalue weighted by Crippen LogP contribution is 2.35. The van der Waals surface area contributed by atoms with Crippen molar-refractivity contribution in [2.24, 2.45) is 0 Å². The molecule has 2 rings (SSSR count). The maximum Gasteiger partial charge on any atom is 0.319 e. The molecule has 2 aromatic rings. The molecule has 1 aromatic heterocycles. The zero-order valence-electron chi connectivity index (χ0n) is 14.1. The smallest absolute Gasteiger partial charge is 0.319 e. The molecule has 0 bridgehead atoms. The lowest BCUT2D eigenvalue weighted by Gasteiger charge is -2.19. The standard InChI is InChI=1S/C17H20ClFN2O3/c1-17(2,22)8-7-13-14(10-5-6-12(19)11(18)9-10)15(23-3)21-16(20-13)24-4/h5-6,9,22H,7-8H2,1-4H3. The van der Waals surface area contributed by atoms with Gasteiger partial charge in [0.2, 0.25) is 5.88 Å². The maximum atomic E-state index is 13.5. The van der Waals surface area contributed by atoms with Crippen molar-refractivity contribution in [2.45, 2.75) is 32.3 Å². The van der Waals surface area contributed by atoms with Crippen molar-refractivity contribution in [3.05, 3.63) is 34.7 Å². The predicted molar refractivity (Wildman–Crippen MR) is 90.2 cm³/mol. The van der Waals surface area contributed by atoms with Crippen LogP contribution in [0.5, 0.6) is 11.9 Å². The van der Waals surface area contributed by atoms with Crippen LogP contribution >= 0.6 is 11.6 Å². The summed E-state index contributed by atoms with van der Waals surface area (Å²) in [7, 11) is 2.94. The van der Waals surface area contributed by atoms with Gasteiger partial charge in [0, 0.05) is 0 Å². The molecule has 0 saturated heterocycles. The van der Waals surface area contributed by atoms with Gasteiger partial charge in [0.25, 0.3) is 0 Å². The second kappa shape index (κ2) is 7.32. The minimum Gasteiger partial charge on any atom is -0.480 e. The van der Waals surface area contributed by atoms with Gasteiger partial charge in [-0.2, -0.15) is 9.97 Å². The average molecular weight is 355 g/mol. The first kappa shape index (κ1) is 18.4. The van der Waals surface area contributed by atoms with Crippen LogP contribution in [0, 0.1) is 5.82 Å². The molecule has 1 heterocycles. The minimum absolute atomic E-state index is 0.00110. The largest absolute Gasteiger partial charge is 0.480 e. The number of rotatable bonds is 6. The molecule has 7 heteroatoms. The second-order valence-electron chi connectivity index (χ2n) is 5.98. The molecule has 0 spiro atoms. The fraction of sp³-hybridized carbons (Fsp3) is 0.412. The van der Waals surface area contributed by atoms with Crippen LogP contribution in [-0.4, -0.2) is 34.9 Å². The van der Waals surface area contributed by atoms with Gasteiger partial charge in [-0.3, -0.25) is 0 Å². The van der Waals surface area contributed by atoms with Crippen molar-refractivity contribution >= 4 is 11.6 Å². The van der Waals surface area contributed by atoms with E-state index in [0.717, 1.165) is 0 Å². The topological polar surface area (TPSA) is 64.5 Å². The van der Waals surface area contributed by atoms with Crippen molar-refractivity contribution < 1.29 is 19.0 Å². The molecule has 0 aliphatic rings. The lowest BCUT2D eigenvalue weighted by molar-refractivity contribution is 0.0710. The van der Waals surface area contributed by atoms with Gasteiger partial charge < -0.3 is 14.6 Å². The van der Waals surface area contributed by atoms with E-state index in [1.54, 1.807) is 19.9 Å². The molecule has 0 amide bonds. The number of hydrogen-bond donors (Lipinski definition) is 1. The molecule has 0 fully saturated rings. The van der Waals surface area contributed by atoms with E-state index < -0.39 is 11.4 Å². The van der Waals surface area contributed by atoms with E-state index in [2.05, 4.69) is 9.97 Å². The van der Waals surface area contributed by atoms with E-state index in [4.69, 9.17) is 21.1 Å². The molecule has 0 unspecified atom stereocenters. The number of benzene rings is 1. The SMILES string of the molecule is COc1nc(CCC(C)(C)O)c(-c2ccc(F)c(Cl)c2)c(OC)n1. The van der Waals surface area contributed by atoms with E-state index in [0.29, 0.717) is 35.5 Å². The highest BCUT2D eigenvalue weighted by atomic mass is 35.5. The van der Waals surface area contributed by atoms with Gasteiger partial charge >= 0.3 is 6.01 Å². The fourth-order valence-corrected chi connectivity index (χ4v) is 2.43. The Kier molecular flexibility index (Phi) is 5.62. The van der Waals surface area contributed by atoms with Crippen LogP contribution in [0.25, 0.3) is 11.1 Å². The Morgan fingerprint density at radius 3 is 2.46 bits per heavy atom. The molecule has 130 valence electrons. The number of ether oxygens (including phenoxy) is 2. The van der Waals surface area contributed by atoms with Crippen LogP contribution in [0.4, 0.5) is 4.39 Å². The summed E-state index contributed by atoms with van der Waals surface area (Å²) < 4.78 is 23.9. The summed E-state index contributed by atoms with van der Waals surface area (Å²) in [5, 5.41) is 10.00. The first-order valence-electron chi connectivity index (χ1n) is 7.42. The molecule has 1 aromatic carbocycles. The van der Waals surface area contributed by atoms with Gasteiger partial charge in [0.15, 0.2) is 0 Å². The normalized spacial score (nSPS) is 11.5. The Hall–Kier alpha value is -1.92. The van der Waals surface area contributed by atoms with E-state index >= 15 is 0 Å². The predicted octanol–water partition coefficient (Wildman–Crippen LogP) is 3.66. The van der Waals surface area contributed by atoms with E-state index in [1.165, 1.54) is 26.4 Å². The van der Waals surface area contributed by atoms with Crippen LogP contribution in [0.2, 0.25) is 5.02 Å². The fourth-order valence-electron chi connectivity index (χ4n) is 2.25. The van der Waals surface area contributed by atoms with Crippen LogP contribution in [0.3, 0.4) is 0 Å².